The van der Waals surface area contributed by atoms with Crippen LogP contribution in [0.2, 0.25) is 0 Å². The van der Waals surface area contributed by atoms with Crippen molar-refractivity contribution < 1.29 is 0 Å². The monoisotopic (exact) mass is 162 g/mol. The van der Waals surface area contributed by atoms with Crippen LogP contribution in [0.1, 0.15) is 11.1 Å². The van der Waals surface area contributed by atoms with Gasteiger partial charge in [0.25, 0.3) is 0 Å². The fraction of sp³-hybridized carbons (Fsp3) is 0.250. The number of nitrogens with zero attached hydrogens (tertiary/aromatic N) is 3. The molecule has 0 saturated carbocycles. The Balaban J connectivity index is 2.88. The molecule has 4 nitrogen and oxygen atoms in total. The second kappa shape index (κ2) is 2.20. The number of benzene rings is 1. The first-order valence-electron chi connectivity index (χ1n) is 3.76. The maximum Gasteiger partial charge on any atom is 0.118 e. The van der Waals surface area contributed by atoms with Crippen molar-refractivity contribution in [3.63, 3.8) is 0 Å². The number of hydrogen-bond acceptors (Lipinski definition) is 3. The highest BCUT2D eigenvalue weighted by Gasteiger charge is 2.03. The number of nitrogen functional groups attached to an aromatic ring is 1. The van der Waals surface area contributed by atoms with Crippen LogP contribution in [0.4, 0.5) is 0 Å². The molecule has 0 unspecified atom stereocenters. The van der Waals surface area contributed by atoms with Gasteiger partial charge in [-0.15, -0.1) is 10.2 Å². The van der Waals surface area contributed by atoms with Gasteiger partial charge in [0.1, 0.15) is 11.0 Å². The summed E-state index contributed by atoms with van der Waals surface area (Å²) in [4.78, 5) is 1.11. The van der Waals surface area contributed by atoms with Gasteiger partial charge in [0, 0.05) is 0 Å². The summed E-state index contributed by atoms with van der Waals surface area (Å²) in [5.41, 5.74) is 4.03. The maximum atomic E-state index is 5.40. The third kappa shape index (κ3) is 0.922. The number of fused-ring (bicyclic) bond motifs is 1. The molecule has 1 heterocycles. The van der Waals surface area contributed by atoms with Crippen LogP contribution in [-0.2, 0) is 0 Å². The van der Waals surface area contributed by atoms with Crippen molar-refractivity contribution in [3.8, 4) is 0 Å². The smallest absolute Gasteiger partial charge is 0.118 e. The van der Waals surface area contributed by atoms with Gasteiger partial charge in [-0.3, -0.25) is 0 Å². The quantitative estimate of drug-likeness (QED) is 0.582. The van der Waals surface area contributed by atoms with Crippen LogP contribution >= 0.6 is 0 Å². The summed E-state index contributed by atoms with van der Waals surface area (Å²) in [6.07, 6.45) is 0. The second-order valence-electron chi connectivity index (χ2n) is 2.97. The van der Waals surface area contributed by atoms with Crippen LogP contribution in [0, 0.1) is 13.8 Å². The summed E-state index contributed by atoms with van der Waals surface area (Å²) >= 11 is 0. The summed E-state index contributed by atoms with van der Waals surface area (Å²) in [5, 5.41) is 8.06. The first-order valence-corrected chi connectivity index (χ1v) is 3.76. The van der Waals surface area contributed by atoms with Crippen LogP contribution in [0.25, 0.3) is 11.0 Å². The zero-order valence-corrected chi connectivity index (χ0v) is 7.07. The number of rotatable bonds is 0. The lowest BCUT2D eigenvalue weighted by Gasteiger charge is -1.94. The third-order valence-electron chi connectivity index (χ3n) is 1.84. The normalized spacial score (nSPS) is 10.8. The Bertz CT molecular complexity index is 430. The molecular weight excluding hydrogens is 152 g/mol. The van der Waals surface area contributed by atoms with Crippen molar-refractivity contribution in [2.24, 2.45) is 0 Å². The molecule has 4 heteroatoms. The largest absolute Gasteiger partial charge is 0.306 e. The van der Waals surface area contributed by atoms with Crippen molar-refractivity contribution >= 4 is 11.0 Å². The van der Waals surface area contributed by atoms with Crippen LogP contribution in [0.3, 0.4) is 0 Å². The molecular formula is C8H10N4. The second-order valence-corrected chi connectivity index (χ2v) is 2.97. The van der Waals surface area contributed by atoms with Gasteiger partial charge in [0.15, 0.2) is 0 Å². The van der Waals surface area contributed by atoms with Crippen LogP contribution in [0.15, 0.2) is 12.1 Å². The minimum Gasteiger partial charge on any atom is -0.306 e. The lowest BCUT2D eigenvalue weighted by atomic mass is 10.1. The third-order valence-corrected chi connectivity index (χ3v) is 1.84. The molecule has 0 aliphatic carbocycles. The number of aryl methyl sites for hydroxylation is 2. The lowest BCUT2D eigenvalue weighted by molar-refractivity contribution is 0.720. The molecule has 12 heavy (non-hydrogen) atoms. The molecule has 62 valence electrons. The Labute approximate surface area is 69.9 Å². The highest BCUT2D eigenvalue weighted by molar-refractivity contribution is 5.78. The minimum atomic E-state index is 0.856. The molecule has 0 fully saturated rings. The summed E-state index contributed by atoms with van der Waals surface area (Å²) in [6, 6.07) is 4.04. The molecule has 0 bridgehead atoms. The van der Waals surface area contributed by atoms with Gasteiger partial charge in [-0.2, -0.15) is 0 Å². The Kier molecular flexibility index (Phi) is 1.30. The topological polar surface area (TPSA) is 56.7 Å². The van der Waals surface area contributed by atoms with E-state index in [4.69, 9.17) is 5.84 Å². The van der Waals surface area contributed by atoms with E-state index >= 15 is 0 Å². The van der Waals surface area contributed by atoms with Crippen LogP contribution in [-0.4, -0.2) is 15.1 Å². The van der Waals surface area contributed by atoms with E-state index in [1.54, 1.807) is 0 Å². The van der Waals surface area contributed by atoms with E-state index in [0.29, 0.717) is 0 Å². The predicted molar refractivity (Wildman–Crippen MR) is 47.2 cm³/mol. The average molecular weight is 162 g/mol. The van der Waals surface area contributed by atoms with Gasteiger partial charge < -0.3 is 5.84 Å². The molecule has 0 aliphatic heterocycles. The van der Waals surface area contributed by atoms with E-state index in [1.807, 2.05) is 19.9 Å². The molecule has 0 amide bonds. The van der Waals surface area contributed by atoms with Gasteiger partial charge in [0.2, 0.25) is 0 Å². The van der Waals surface area contributed by atoms with E-state index in [9.17, 15) is 0 Å². The standard InChI is InChI=1S/C8H10N4/c1-5-3-6(2)8-7(4-5)10-12(9)11-8/h3-4H,9H2,1-2H3. The predicted octanol–water partition coefficient (Wildman–Crippen LogP) is 0.762. The van der Waals surface area contributed by atoms with E-state index in [0.717, 1.165) is 21.5 Å². The number of hydrogen-bond donors (Lipinski definition) is 1. The number of nitrogens with two attached hydrogens (primary N) is 1. The van der Waals surface area contributed by atoms with E-state index in [-0.39, 0.29) is 0 Å². The van der Waals surface area contributed by atoms with Crippen LogP contribution < -0.4 is 5.84 Å². The molecule has 2 rings (SSSR count). The first kappa shape index (κ1) is 7.09. The molecule has 0 radical (unpaired) electrons. The van der Waals surface area contributed by atoms with Crippen molar-refractivity contribution in [1.82, 2.24) is 15.1 Å². The summed E-state index contributed by atoms with van der Waals surface area (Å²) in [7, 11) is 0. The van der Waals surface area contributed by atoms with Crippen molar-refractivity contribution in [1.29, 1.82) is 0 Å². The van der Waals surface area contributed by atoms with Crippen molar-refractivity contribution in [3.05, 3.63) is 23.3 Å². The first-order chi connectivity index (χ1) is 5.66. The maximum absolute atomic E-state index is 5.40. The Morgan fingerprint density at radius 1 is 1.25 bits per heavy atom. The molecule has 1 aromatic carbocycles. The average Bonchev–Trinajstić information content (AvgIpc) is 2.29. The summed E-state index contributed by atoms with van der Waals surface area (Å²) in [5.74, 6) is 5.40. The molecule has 0 aliphatic rings. The van der Waals surface area contributed by atoms with Crippen LogP contribution in [0.5, 0.6) is 0 Å². The SMILES string of the molecule is Cc1cc(C)c2nn(N)nc2c1. The van der Waals surface area contributed by atoms with Gasteiger partial charge >= 0.3 is 0 Å². The van der Waals surface area contributed by atoms with Gasteiger partial charge in [-0.1, -0.05) is 11.0 Å². The van der Waals surface area contributed by atoms with E-state index in [2.05, 4.69) is 16.3 Å². The van der Waals surface area contributed by atoms with E-state index < -0.39 is 0 Å². The highest BCUT2D eigenvalue weighted by Crippen LogP contribution is 2.15. The van der Waals surface area contributed by atoms with Crippen molar-refractivity contribution in [2.75, 3.05) is 5.84 Å². The molecule has 0 saturated heterocycles. The summed E-state index contributed by atoms with van der Waals surface area (Å²) in [6.45, 7) is 4.03. The minimum absolute atomic E-state index is 0.856. The van der Waals surface area contributed by atoms with Gasteiger partial charge in [-0.25, -0.2) is 0 Å². The molecule has 1 aromatic heterocycles. The molecule has 0 spiro atoms. The van der Waals surface area contributed by atoms with Crippen molar-refractivity contribution in [2.45, 2.75) is 13.8 Å². The van der Waals surface area contributed by atoms with Gasteiger partial charge in [-0.05, 0) is 31.0 Å². The number of aromatic nitrogens is 3. The summed E-state index contributed by atoms with van der Waals surface area (Å²) < 4.78 is 0. The highest BCUT2D eigenvalue weighted by atomic mass is 15.6. The Hall–Kier alpha value is -1.58. The Morgan fingerprint density at radius 3 is 2.75 bits per heavy atom. The molecule has 0 atom stereocenters. The lowest BCUT2D eigenvalue weighted by Crippen LogP contribution is -2.11. The van der Waals surface area contributed by atoms with E-state index in [1.165, 1.54) is 5.56 Å². The zero-order chi connectivity index (χ0) is 8.72. The van der Waals surface area contributed by atoms with Gasteiger partial charge in [0.05, 0.1) is 0 Å². The zero-order valence-electron chi connectivity index (χ0n) is 7.07. The molecule has 2 N–H and O–H groups in total. The fourth-order valence-electron chi connectivity index (χ4n) is 1.38. The Morgan fingerprint density at radius 2 is 2.00 bits per heavy atom. The molecule has 2 aromatic rings. The fourth-order valence-corrected chi connectivity index (χ4v) is 1.38.